The van der Waals surface area contributed by atoms with Crippen molar-refractivity contribution in [3.8, 4) is 11.5 Å². The molecule has 2 aromatic rings. The second kappa shape index (κ2) is 5.38. The number of esters is 1. The number of nitrogens with zero attached hydrogens (tertiary/aromatic N) is 1. The van der Waals surface area contributed by atoms with Crippen LogP contribution in [0.3, 0.4) is 0 Å². The van der Waals surface area contributed by atoms with Crippen molar-refractivity contribution in [2.24, 2.45) is 0 Å². The lowest BCUT2D eigenvalue weighted by molar-refractivity contribution is -0.00827. The van der Waals surface area contributed by atoms with Crippen molar-refractivity contribution in [3.05, 3.63) is 36.0 Å². The van der Waals surface area contributed by atoms with Gasteiger partial charge in [0, 0.05) is 17.0 Å². The van der Waals surface area contributed by atoms with Gasteiger partial charge in [-0.05, 0) is 34.0 Å². The van der Waals surface area contributed by atoms with Gasteiger partial charge in [-0.1, -0.05) is 0 Å². The quantitative estimate of drug-likeness (QED) is 0.641. The van der Waals surface area contributed by atoms with Crippen molar-refractivity contribution >= 4 is 16.9 Å². The zero-order chi connectivity index (χ0) is 15.9. The number of benzene rings is 1. The van der Waals surface area contributed by atoms with E-state index in [1.54, 1.807) is 24.0 Å². The SMILES string of the molecule is Cc1c(C(=O)OC(C)N(C)C)oc2cc3c(cc12)OC=CO3. The van der Waals surface area contributed by atoms with Gasteiger partial charge in [-0.25, -0.2) is 4.79 Å². The van der Waals surface area contributed by atoms with Gasteiger partial charge in [-0.3, -0.25) is 4.90 Å². The Balaban J connectivity index is 1.98. The largest absolute Gasteiger partial charge is 0.458 e. The van der Waals surface area contributed by atoms with Crippen LogP contribution in [-0.4, -0.2) is 31.2 Å². The molecule has 1 aromatic heterocycles. The van der Waals surface area contributed by atoms with Crippen molar-refractivity contribution in [2.75, 3.05) is 14.1 Å². The molecular formula is C16H17NO5. The molecule has 0 saturated carbocycles. The molecule has 0 radical (unpaired) electrons. The Labute approximate surface area is 127 Å². The molecule has 0 amide bonds. The fourth-order valence-electron chi connectivity index (χ4n) is 2.12. The summed E-state index contributed by atoms with van der Waals surface area (Å²) >= 11 is 0. The molecule has 1 aromatic carbocycles. The van der Waals surface area contributed by atoms with Crippen LogP contribution in [-0.2, 0) is 4.74 Å². The molecule has 0 aliphatic carbocycles. The van der Waals surface area contributed by atoms with E-state index in [1.165, 1.54) is 12.5 Å². The van der Waals surface area contributed by atoms with Gasteiger partial charge in [0.1, 0.15) is 18.1 Å². The van der Waals surface area contributed by atoms with E-state index in [0.717, 1.165) is 5.39 Å². The number of carbonyl (C=O) groups excluding carboxylic acids is 1. The highest BCUT2D eigenvalue weighted by molar-refractivity contribution is 5.97. The first-order valence-corrected chi connectivity index (χ1v) is 6.90. The molecule has 0 fully saturated rings. The summed E-state index contributed by atoms with van der Waals surface area (Å²) in [4.78, 5) is 14.0. The Morgan fingerprint density at radius 3 is 2.45 bits per heavy atom. The Morgan fingerprint density at radius 1 is 1.18 bits per heavy atom. The topological polar surface area (TPSA) is 61.1 Å². The molecule has 1 unspecified atom stereocenters. The predicted octanol–water partition coefficient (Wildman–Crippen LogP) is 3.05. The monoisotopic (exact) mass is 303 g/mol. The van der Waals surface area contributed by atoms with E-state index in [1.807, 2.05) is 21.0 Å². The van der Waals surface area contributed by atoms with Crippen LogP contribution in [0, 0.1) is 6.92 Å². The summed E-state index contributed by atoms with van der Waals surface area (Å²) in [6.07, 6.45) is 2.55. The van der Waals surface area contributed by atoms with E-state index in [0.29, 0.717) is 22.6 Å². The van der Waals surface area contributed by atoms with E-state index in [2.05, 4.69) is 0 Å². The highest BCUT2D eigenvalue weighted by Gasteiger charge is 2.23. The number of hydrogen-bond acceptors (Lipinski definition) is 6. The second-order valence-electron chi connectivity index (χ2n) is 5.33. The lowest BCUT2D eigenvalue weighted by atomic mass is 10.1. The number of aryl methyl sites for hydroxylation is 1. The Morgan fingerprint density at radius 2 is 1.82 bits per heavy atom. The first-order chi connectivity index (χ1) is 10.5. The smallest absolute Gasteiger partial charge is 0.376 e. The van der Waals surface area contributed by atoms with Gasteiger partial charge in [-0.2, -0.15) is 0 Å². The number of hydrogen-bond donors (Lipinski definition) is 0. The molecule has 1 aliphatic heterocycles. The fourth-order valence-corrected chi connectivity index (χ4v) is 2.12. The molecule has 0 saturated heterocycles. The Bertz CT molecular complexity index is 759. The average molecular weight is 303 g/mol. The summed E-state index contributed by atoms with van der Waals surface area (Å²) in [5, 5.41) is 0.794. The van der Waals surface area contributed by atoms with E-state index >= 15 is 0 Å². The minimum Gasteiger partial charge on any atom is -0.458 e. The molecule has 3 rings (SSSR count). The van der Waals surface area contributed by atoms with Gasteiger partial charge >= 0.3 is 5.97 Å². The molecule has 0 spiro atoms. The third kappa shape index (κ3) is 2.42. The highest BCUT2D eigenvalue weighted by atomic mass is 16.6. The third-order valence-electron chi connectivity index (χ3n) is 3.64. The summed E-state index contributed by atoms with van der Waals surface area (Å²) in [7, 11) is 3.67. The van der Waals surface area contributed by atoms with Crippen molar-refractivity contribution < 1.29 is 23.4 Å². The summed E-state index contributed by atoms with van der Waals surface area (Å²) in [5.74, 6) is 0.831. The molecule has 2 heterocycles. The molecule has 1 atom stereocenters. The molecule has 1 aliphatic rings. The third-order valence-corrected chi connectivity index (χ3v) is 3.64. The van der Waals surface area contributed by atoms with Gasteiger partial charge in [-0.15, -0.1) is 0 Å². The molecule has 0 bridgehead atoms. The molecule has 116 valence electrons. The lowest BCUT2D eigenvalue weighted by Gasteiger charge is -2.19. The normalized spacial score (nSPS) is 14.4. The highest BCUT2D eigenvalue weighted by Crippen LogP contribution is 2.38. The first kappa shape index (κ1) is 14.5. The average Bonchev–Trinajstić information content (AvgIpc) is 2.81. The van der Waals surface area contributed by atoms with E-state index in [9.17, 15) is 4.79 Å². The molecular weight excluding hydrogens is 286 g/mol. The van der Waals surface area contributed by atoms with E-state index in [4.69, 9.17) is 18.6 Å². The van der Waals surface area contributed by atoms with E-state index in [-0.39, 0.29) is 12.0 Å². The summed E-state index contributed by atoms with van der Waals surface area (Å²) in [5.41, 5.74) is 1.27. The maximum absolute atomic E-state index is 12.3. The van der Waals surface area contributed by atoms with Crippen molar-refractivity contribution in [1.29, 1.82) is 0 Å². The number of fused-ring (bicyclic) bond motifs is 2. The summed E-state index contributed by atoms with van der Waals surface area (Å²) in [6.45, 7) is 3.61. The van der Waals surface area contributed by atoms with Crippen LogP contribution in [0.2, 0.25) is 0 Å². The zero-order valence-electron chi connectivity index (χ0n) is 12.9. The zero-order valence-corrected chi connectivity index (χ0v) is 12.9. The van der Waals surface area contributed by atoms with E-state index < -0.39 is 5.97 Å². The van der Waals surface area contributed by atoms with Crippen LogP contribution in [0.15, 0.2) is 29.1 Å². The summed E-state index contributed by atoms with van der Waals surface area (Å²) < 4.78 is 21.7. The van der Waals surface area contributed by atoms with Gasteiger partial charge < -0.3 is 18.6 Å². The van der Waals surface area contributed by atoms with Crippen LogP contribution in [0.5, 0.6) is 11.5 Å². The van der Waals surface area contributed by atoms with Crippen molar-refractivity contribution in [2.45, 2.75) is 20.1 Å². The Hall–Kier alpha value is -2.47. The van der Waals surface area contributed by atoms with Gasteiger partial charge in [0.2, 0.25) is 5.76 Å². The Kier molecular flexibility index (Phi) is 3.54. The molecule has 22 heavy (non-hydrogen) atoms. The number of carbonyl (C=O) groups is 1. The first-order valence-electron chi connectivity index (χ1n) is 6.90. The minimum atomic E-state index is -0.493. The standard InChI is InChI=1S/C16H17NO5/c1-9-11-7-13-14(20-6-5-19-13)8-12(11)22-15(9)16(18)21-10(2)17(3)4/h5-8,10H,1-4H3. The van der Waals surface area contributed by atoms with Crippen LogP contribution in [0.1, 0.15) is 23.0 Å². The molecule has 6 nitrogen and oxygen atoms in total. The van der Waals surface area contributed by atoms with Crippen LogP contribution >= 0.6 is 0 Å². The second-order valence-corrected chi connectivity index (χ2v) is 5.33. The maximum atomic E-state index is 12.3. The number of furan rings is 1. The number of ether oxygens (including phenoxy) is 3. The van der Waals surface area contributed by atoms with Crippen LogP contribution < -0.4 is 9.47 Å². The maximum Gasteiger partial charge on any atom is 0.376 e. The minimum absolute atomic E-state index is 0.194. The van der Waals surface area contributed by atoms with Crippen molar-refractivity contribution in [1.82, 2.24) is 4.90 Å². The predicted molar refractivity (Wildman–Crippen MR) is 79.9 cm³/mol. The summed E-state index contributed by atoms with van der Waals surface area (Å²) in [6, 6.07) is 3.49. The number of rotatable bonds is 3. The van der Waals surface area contributed by atoms with Gasteiger partial charge in [0.25, 0.3) is 0 Å². The van der Waals surface area contributed by atoms with Crippen LogP contribution in [0.25, 0.3) is 11.0 Å². The van der Waals surface area contributed by atoms with Crippen molar-refractivity contribution in [3.63, 3.8) is 0 Å². The molecule has 0 N–H and O–H groups in total. The molecule has 6 heteroatoms. The fraction of sp³-hybridized carbons (Fsp3) is 0.312. The van der Waals surface area contributed by atoms with Gasteiger partial charge in [0.05, 0.1) is 0 Å². The van der Waals surface area contributed by atoms with Gasteiger partial charge in [0.15, 0.2) is 17.7 Å². The van der Waals surface area contributed by atoms with Crippen LogP contribution in [0.4, 0.5) is 0 Å². The lowest BCUT2D eigenvalue weighted by Crippen LogP contribution is -2.30.